The maximum atomic E-state index is 11.6. The number of hydrogen-bond donors (Lipinski definition) is 1. The highest BCUT2D eigenvalue weighted by molar-refractivity contribution is 5.74. The number of rotatable bonds is 6. The Kier molecular flexibility index (Phi) is 5.84. The lowest BCUT2D eigenvalue weighted by Gasteiger charge is -2.26. The van der Waals surface area contributed by atoms with E-state index in [0.717, 1.165) is 0 Å². The highest BCUT2D eigenvalue weighted by atomic mass is 16.7. The molecule has 0 aromatic heterocycles. The molecule has 0 bridgehead atoms. The van der Waals surface area contributed by atoms with Crippen molar-refractivity contribution in [2.24, 2.45) is 5.92 Å². The smallest absolute Gasteiger partial charge is 0.314 e. The molecule has 17 heavy (non-hydrogen) atoms. The van der Waals surface area contributed by atoms with Gasteiger partial charge >= 0.3 is 5.97 Å². The normalized spacial score (nSPS) is 28.6. The molecule has 0 aromatic carbocycles. The Morgan fingerprint density at radius 1 is 1.41 bits per heavy atom. The van der Waals surface area contributed by atoms with Crippen molar-refractivity contribution in [2.45, 2.75) is 32.3 Å². The fraction of sp³-hybridized carbons (Fsp3) is 0.909. The maximum Gasteiger partial charge on any atom is 0.314 e. The predicted octanol–water partition coefficient (Wildman–Crippen LogP) is -0.0656. The number of esters is 1. The fourth-order valence-corrected chi connectivity index (χ4v) is 1.88. The lowest BCUT2D eigenvalue weighted by molar-refractivity contribution is -0.204. The Morgan fingerprint density at radius 3 is 2.47 bits per heavy atom. The number of ether oxygens (including phenoxy) is 4. The molecule has 1 N–H and O–H groups in total. The van der Waals surface area contributed by atoms with E-state index in [1.165, 1.54) is 7.11 Å². The third-order valence-corrected chi connectivity index (χ3v) is 2.63. The molecule has 6 heteroatoms. The van der Waals surface area contributed by atoms with Crippen molar-refractivity contribution in [3.05, 3.63) is 0 Å². The van der Waals surface area contributed by atoms with Crippen LogP contribution in [0.1, 0.15) is 13.8 Å². The van der Waals surface area contributed by atoms with E-state index in [4.69, 9.17) is 14.2 Å². The van der Waals surface area contributed by atoms with Crippen molar-refractivity contribution in [1.29, 1.82) is 0 Å². The molecule has 0 aromatic rings. The molecule has 1 aliphatic heterocycles. The second-order valence-corrected chi connectivity index (χ2v) is 3.69. The van der Waals surface area contributed by atoms with E-state index in [-0.39, 0.29) is 6.61 Å². The van der Waals surface area contributed by atoms with Gasteiger partial charge in [0.05, 0.1) is 19.8 Å². The molecule has 1 heterocycles. The summed E-state index contributed by atoms with van der Waals surface area (Å²) in [5.74, 6) is -1.27. The van der Waals surface area contributed by atoms with Crippen LogP contribution in [0.25, 0.3) is 0 Å². The summed E-state index contributed by atoms with van der Waals surface area (Å²) in [6, 6.07) is 0. The van der Waals surface area contributed by atoms with Crippen LogP contribution in [0.15, 0.2) is 0 Å². The molecular weight excluding hydrogens is 228 g/mol. The number of aliphatic hydroxyl groups is 1. The van der Waals surface area contributed by atoms with Gasteiger partial charge < -0.3 is 24.1 Å². The summed E-state index contributed by atoms with van der Waals surface area (Å²) in [6.45, 7) is 4.61. The third-order valence-electron chi connectivity index (χ3n) is 2.63. The molecule has 0 amide bonds. The van der Waals surface area contributed by atoms with Gasteiger partial charge in [0, 0.05) is 13.2 Å². The summed E-state index contributed by atoms with van der Waals surface area (Å²) >= 11 is 0. The molecular formula is C11H20O6. The number of methoxy groups -OCH3 is 1. The van der Waals surface area contributed by atoms with Gasteiger partial charge in [0.1, 0.15) is 12.0 Å². The zero-order chi connectivity index (χ0) is 12.8. The quantitative estimate of drug-likeness (QED) is 0.524. The molecule has 1 saturated heterocycles. The van der Waals surface area contributed by atoms with Crippen LogP contribution in [0.2, 0.25) is 0 Å². The van der Waals surface area contributed by atoms with E-state index >= 15 is 0 Å². The van der Waals surface area contributed by atoms with E-state index < -0.39 is 30.4 Å². The fourth-order valence-electron chi connectivity index (χ4n) is 1.88. The van der Waals surface area contributed by atoms with E-state index in [1.54, 1.807) is 0 Å². The number of hydrogen-bond acceptors (Lipinski definition) is 6. The van der Waals surface area contributed by atoms with E-state index in [0.29, 0.717) is 13.2 Å². The van der Waals surface area contributed by atoms with Gasteiger partial charge in [-0.15, -0.1) is 0 Å². The predicted molar refractivity (Wildman–Crippen MR) is 58.3 cm³/mol. The monoisotopic (exact) mass is 248 g/mol. The third kappa shape index (κ3) is 3.38. The highest BCUT2D eigenvalue weighted by Gasteiger charge is 2.47. The van der Waals surface area contributed by atoms with Crippen molar-refractivity contribution in [1.82, 2.24) is 0 Å². The standard InChI is InChI=1S/C11H20O6/c1-4-15-11(16-5-2)9-8(10(13)14-3)7(12)6-17-9/h7-9,11-12H,4-6H2,1-3H3/t7-,8+,9+/m1/s1. The summed E-state index contributed by atoms with van der Waals surface area (Å²) in [5, 5.41) is 9.71. The minimum absolute atomic E-state index is 0.0844. The molecule has 0 unspecified atom stereocenters. The molecule has 100 valence electrons. The van der Waals surface area contributed by atoms with Crippen molar-refractivity contribution >= 4 is 5.97 Å². The van der Waals surface area contributed by atoms with Gasteiger partial charge in [-0.25, -0.2) is 0 Å². The molecule has 1 rings (SSSR count). The zero-order valence-electron chi connectivity index (χ0n) is 10.4. The largest absolute Gasteiger partial charge is 0.469 e. The molecule has 0 spiro atoms. The minimum Gasteiger partial charge on any atom is -0.469 e. The van der Waals surface area contributed by atoms with Gasteiger partial charge in [-0.05, 0) is 13.8 Å². The minimum atomic E-state index is -0.879. The molecule has 3 atom stereocenters. The van der Waals surface area contributed by atoms with Gasteiger partial charge in [0.25, 0.3) is 0 Å². The average molecular weight is 248 g/mol. The van der Waals surface area contributed by atoms with Crippen molar-refractivity contribution in [3.8, 4) is 0 Å². The zero-order valence-corrected chi connectivity index (χ0v) is 10.4. The second kappa shape index (κ2) is 6.90. The van der Waals surface area contributed by atoms with Crippen LogP contribution in [-0.4, -0.2) is 56.5 Å². The summed E-state index contributed by atoms with van der Waals surface area (Å²) in [7, 11) is 1.28. The summed E-state index contributed by atoms with van der Waals surface area (Å²) in [4.78, 5) is 11.6. The van der Waals surface area contributed by atoms with Crippen LogP contribution >= 0.6 is 0 Å². The maximum absolute atomic E-state index is 11.6. The van der Waals surface area contributed by atoms with Crippen molar-refractivity contribution < 1.29 is 28.8 Å². The Labute approximate surface area is 101 Å². The first-order chi connectivity index (χ1) is 8.15. The van der Waals surface area contributed by atoms with Gasteiger partial charge in [0.15, 0.2) is 6.29 Å². The van der Waals surface area contributed by atoms with Crippen molar-refractivity contribution in [3.63, 3.8) is 0 Å². The van der Waals surface area contributed by atoms with Crippen LogP contribution in [-0.2, 0) is 23.7 Å². The van der Waals surface area contributed by atoms with Crippen LogP contribution in [0.3, 0.4) is 0 Å². The Bertz CT molecular complexity index is 238. The average Bonchev–Trinajstić information content (AvgIpc) is 2.70. The molecule has 6 nitrogen and oxygen atoms in total. The topological polar surface area (TPSA) is 74.2 Å². The van der Waals surface area contributed by atoms with Crippen molar-refractivity contribution in [2.75, 3.05) is 26.9 Å². The number of carbonyl (C=O) groups is 1. The molecule has 1 aliphatic rings. The number of carbonyl (C=O) groups excluding carboxylic acids is 1. The summed E-state index contributed by atoms with van der Waals surface area (Å²) < 4.78 is 20.8. The van der Waals surface area contributed by atoms with Crippen LogP contribution in [0.4, 0.5) is 0 Å². The summed E-state index contributed by atoms with van der Waals surface area (Å²) in [5.41, 5.74) is 0. The first-order valence-electron chi connectivity index (χ1n) is 5.76. The number of aliphatic hydroxyl groups excluding tert-OH is 1. The van der Waals surface area contributed by atoms with E-state index in [9.17, 15) is 9.90 Å². The van der Waals surface area contributed by atoms with Gasteiger partial charge in [0.2, 0.25) is 0 Å². The van der Waals surface area contributed by atoms with E-state index in [2.05, 4.69) is 4.74 Å². The van der Waals surface area contributed by atoms with Gasteiger partial charge in [-0.2, -0.15) is 0 Å². The molecule has 1 fully saturated rings. The molecule has 0 saturated carbocycles. The second-order valence-electron chi connectivity index (χ2n) is 3.69. The first-order valence-corrected chi connectivity index (χ1v) is 5.76. The van der Waals surface area contributed by atoms with Crippen LogP contribution in [0, 0.1) is 5.92 Å². The lowest BCUT2D eigenvalue weighted by atomic mass is 9.99. The van der Waals surface area contributed by atoms with Gasteiger partial charge in [-0.1, -0.05) is 0 Å². The lowest BCUT2D eigenvalue weighted by Crippen LogP contribution is -2.42. The first kappa shape index (κ1) is 14.4. The Hall–Kier alpha value is -0.690. The molecule has 0 aliphatic carbocycles. The highest BCUT2D eigenvalue weighted by Crippen LogP contribution is 2.27. The van der Waals surface area contributed by atoms with E-state index in [1.807, 2.05) is 13.8 Å². The van der Waals surface area contributed by atoms with Crippen LogP contribution < -0.4 is 0 Å². The SMILES string of the molecule is CCOC(OCC)[C@H]1OC[C@@H](O)[C@@H]1C(=O)OC. The van der Waals surface area contributed by atoms with Gasteiger partial charge in [-0.3, -0.25) is 4.79 Å². The summed E-state index contributed by atoms with van der Waals surface area (Å²) in [6.07, 6.45) is -2.17. The van der Waals surface area contributed by atoms with Crippen LogP contribution in [0.5, 0.6) is 0 Å². The molecule has 0 radical (unpaired) electrons. The Balaban J connectivity index is 2.74. The Morgan fingerprint density at radius 2 is 2.00 bits per heavy atom.